The van der Waals surface area contributed by atoms with E-state index in [1.807, 2.05) is 29.6 Å². The van der Waals surface area contributed by atoms with Crippen LogP contribution in [0.3, 0.4) is 0 Å². The first-order chi connectivity index (χ1) is 12.3. The third kappa shape index (κ3) is 3.75. The summed E-state index contributed by atoms with van der Waals surface area (Å²) in [5.41, 5.74) is 1.52. The van der Waals surface area contributed by atoms with Crippen LogP contribution < -0.4 is 0 Å². The molecule has 0 aliphatic rings. The summed E-state index contributed by atoms with van der Waals surface area (Å²) in [5.74, 6) is 1.38. The molecule has 0 bridgehead atoms. The molecule has 0 amide bonds. The van der Waals surface area contributed by atoms with Gasteiger partial charge in [-0.3, -0.25) is 0 Å². The van der Waals surface area contributed by atoms with E-state index in [4.69, 9.17) is 4.52 Å². The van der Waals surface area contributed by atoms with Crippen LogP contribution in [0.25, 0.3) is 22.0 Å². The molecule has 1 aromatic carbocycles. The highest BCUT2D eigenvalue weighted by Gasteiger charge is 2.10. The maximum absolute atomic E-state index is 13.0. The molecule has 4 rings (SSSR count). The molecule has 0 radical (unpaired) electrons. The summed E-state index contributed by atoms with van der Waals surface area (Å²) >= 11 is 3.03. The molecule has 0 fully saturated rings. The van der Waals surface area contributed by atoms with E-state index in [-0.39, 0.29) is 5.82 Å². The summed E-state index contributed by atoms with van der Waals surface area (Å²) in [5, 5.41) is 15.1. The highest BCUT2D eigenvalue weighted by molar-refractivity contribution is 7.98. The number of rotatable bonds is 5. The van der Waals surface area contributed by atoms with E-state index in [9.17, 15) is 4.39 Å². The van der Waals surface area contributed by atoms with Crippen LogP contribution in [0.5, 0.6) is 0 Å². The molecule has 25 heavy (non-hydrogen) atoms. The lowest BCUT2D eigenvalue weighted by atomic mass is 10.1. The second-order valence-electron chi connectivity index (χ2n) is 5.04. The van der Waals surface area contributed by atoms with Gasteiger partial charge in [-0.15, -0.1) is 21.5 Å². The Morgan fingerprint density at radius 3 is 2.64 bits per heavy atom. The quantitative estimate of drug-likeness (QED) is 0.475. The predicted molar refractivity (Wildman–Crippen MR) is 94.6 cm³/mol. The van der Waals surface area contributed by atoms with Crippen LogP contribution in [-0.4, -0.2) is 20.3 Å². The summed E-state index contributed by atoms with van der Waals surface area (Å²) < 4.78 is 18.2. The first kappa shape index (κ1) is 15.9. The average Bonchev–Trinajstić information content (AvgIpc) is 3.33. The predicted octanol–water partition coefficient (Wildman–Crippen LogP) is 4.69. The van der Waals surface area contributed by atoms with Gasteiger partial charge in [0.25, 0.3) is 0 Å². The molecular formula is C17H11FN4OS2. The Bertz CT molecular complexity index is 953. The van der Waals surface area contributed by atoms with E-state index in [2.05, 4.69) is 20.3 Å². The van der Waals surface area contributed by atoms with Crippen LogP contribution in [-0.2, 0) is 5.75 Å². The van der Waals surface area contributed by atoms with Crippen molar-refractivity contribution in [2.75, 3.05) is 0 Å². The van der Waals surface area contributed by atoms with Gasteiger partial charge >= 0.3 is 0 Å². The van der Waals surface area contributed by atoms with Crippen molar-refractivity contribution in [3.63, 3.8) is 0 Å². The average molecular weight is 370 g/mol. The monoisotopic (exact) mass is 370 g/mol. The highest BCUT2D eigenvalue weighted by Crippen LogP contribution is 2.25. The fourth-order valence-electron chi connectivity index (χ4n) is 2.13. The lowest BCUT2D eigenvalue weighted by molar-refractivity contribution is 0.392. The van der Waals surface area contributed by atoms with Gasteiger partial charge in [-0.05, 0) is 47.8 Å². The normalized spacial score (nSPS) is 10.9. The van der Waals surface area contributed by atoms with Gasteiger partial charge < -0.3 is 4.52 Å². The number of hydrogen-bond donors (Lipinski definition) is 0. The molecule has 4 aromatic rings. The van der Waals surface area contributed by atoms with E-state index >= 15 is 0 Å². The largest absolute Gasteiger partial charge is 0.338 e. The van der Waals surface area contributed by atoms with E-state index in [1.165, 1.54) is 23.9 Å². The van der Waals surface area contributed by atoms with Gasteiger partial charge in [0.2, 0.25) is 11.7 Å². The second-order valence-corrected chi connectivity index (χ2v) is 6.98. The Kier molecular flexibility index (Phi) is 4.53. The van der Waals surface area contributed by atoms with Crippen molar-refractivity contribution in [1.82, 2.24) is 20.3 Å². The maximum atomic E-state index is 13.0. The van der Waals surface area contributed by atoms with Crippen LogP contribution in [0.1, 0.15) is 5.89 Å². The van der Waals surface area contributed by atoms with Gasteiger partial charge in [0, 0.05) is 5.56 Å². The van der Waals surface area contributed by atoms with Crippen LogP contribution in [0.4, 0.5) is 4.39 Å². The number of aromatic nitrogens is 4. The minimum absolute atomic E-state index is 0.273. The van der Waals surface area contributed by atoms with Gasteiger partial charge in [-0.25, -0.2) is 4.39 Å². The number of thioether (sulfide) groups is 1. The van der Waals surface area contributed by atoms with Crippen molar-refractivity contribution in [2.24, 2.45) is 0 Å². The van der Waals surface area contributed by atoms with Crippen molar-refractivity contribution >= 4 is 23.1 Å². The molecule has 0 aliphatic heterocycles. The molecule has 0 N–H and O–H groups in total. The summed E-state index contributed by atoms with van der Waals surface area (Å²) in [7, 11) is 0. The minimum Gasteiger partial charge on any atom is -0.338 e. The fraction of sp³-hybridized carbons (Fsp3) is 0.0588. The van der Waals surface area contributed by atoms with Crippen molar-refractivity contribution < 1.29 is 8.91 Å². The fourth-order valence-corrected chi connectivity index (χ4v) is 3.43. The molecule has 0 atom stereocenters. The van der Waals surface area contributed by atoms with Gasteiger partial charge in [0.15, 0.2) is 0 Å². The molecular weight excluding hydrogens is 359 g/mol. The number of benzene rings is 1. The molecule has 3 aromatic heterocycles. The first-order valence-corrected chi connectivity index (χ1v) is 9.23. The Morgan fingerprint density at radius 2 is 1.92 bits per heavy atom. The third-order valence-electron chi connectivity index (χ3n) is 3.33. The van der Waals surface area contributed by atoms with Crippen LogP contribution in [0, 0.1) is 5.82 Å². The van der Waals surface area contributed by atoms with E-state index in [1.54, 1.807) is 23.5 Å². The molecule has 8 heteroatoms. The smallest absolute Gasteiger partial charge is 0.237 e. The van der Waals surface area contributed by atoms with Gasteiger partial charge in [0.1, 0.15) is 10.8 Å². The zero-order valence-corrected chi connectivity index (χ0v) is 14.4. The van der Waals surface area contributed by atoms with Gasteiger partial charge in [0.05, 0.1) is 16.3 Å². The Labute approximate surface area is 150 Å². The summed E-state index contributed by atoms with van der Waals surface area (Å²) in [6.45, 7) is 0. The SMILES string of the molecule is Fc1ccc(-c2ccc(SCc3nc(-c4cccs4)no3)nn2)cc1. The molecule has 0 saturated heterocycles. The number of halogens is 1. The Hall–Kier alpha value is -2.58. The molecule has 0 aliphatic carbocycles. The van der Waals surface area contributed by atoms with Crippen molar-refractivity contribution in [1.29, 1.82) is 0 Å². The number of hydrogen-bond acceptors (Lipinski definition) is 7. The van der Waals surface area contributed by atoms with Crippen LogP contribution in [0.15, 0.2) is 63.5 Å². The van der Waals surface area contributed by atoms with Crippen molar-refractivity contribution in [3.8, 4) is 22.0 Å². The van der Waals surface area contributed by atoms with Gasteiger partial charge in [-0.1, -0.05) is 23.0 Å². The topological polar surface area (TPSA) is 64.7 Å². The Morgan fingerprint density at radius 1 is 1.04 bits per heavy atom. The van der Waals surface area contributed by atoms with Crippen LogP contribution in [0.2, 0.25) is 0 Å². The lowest BCUT2D eigenvalue weighted by Crippen LogP contribution is -1.90. The summed E-state index contributed by atoms with van der Waals surface area (Å²) in [6.07, 6.45) is 0. The molecule has 0 unspecified atom stereocenters. The number of thiophene rings is 1. The third-order valence-corrected chi connectivity index (χ3v) is 5.10. The summed E-state index contributed by atoms with van der Waals surface area (Å²) in [6, 6.07) is 13.8. The minimum atomic E-state index is -0.273. The lowest BCUT2D eigenvalue weighted by Gasteiger charge is -2.01. The summed E-state index contributed by atoms with van der Waals surface area (Å²) in [4.78, 5) is 5.34. The molecule has 124 valence electrons. The van der Waals surface area contributed by atoms with E-state index < -0.39 is 0 Å². The van der Waals surface area contributed by atoms with E-state index in [0.29, 0.717) is 23.2 Å². The Balaban J connectivity index is 1.41. The van der Waals surface area contributed by atoms with Crippen LogP contribution >= 0.6 is 23.1 Å². The maximum Gasteiger partial charge on any atom is 0.237 e. The molecule has 5 nitrogen and oxygen atoms in total. The van der Waals surface area contributed by atoms with Crippen molar-refractivity contribution in [2.45, 2.75) is 10.8 Å². The zero-order chi connectivity index (χ0) is 17.1. The first-order valence-electron chi connectivity index (χ1n) is 7.37. The standard InChI is InChI=1S/C17H11FN4OS2/c18-12-5-3-11(4-6-12)13-7-8-16(21-20-13)25-10-15-19-17(22-23-15)14-2-1-9-24-14/h1-9H,10H2. The molecule has 0 spiro atoms. The second kappa shape index (κ2) is 7.12. The zero-order valence-electron chi connectivity index (χ0n) is 12.8. The molecule has 3 heterocycles. The van der Waals surface area contributed by atoms with Gasteiger partial charge in [-0.2, -0.15) is 4.98 Å². The van der Waals surface area contributed by atoms with E-state index in [0.717, 1.165) is 15.5 Å². The highest BCUT2D eigenvalue weighted by atomic mass is 32.2. The molecule has 0 saturated carbocycles. The van der Waals surface area contributed by atoms with Crippen molar-refractivity contribution in [3.05, 3.63) is 65.6 Å². The number of nitrogens with zero attached hydrogens (tertiary/aromatic N) is 4.